The molecule has 0 spiro atoms. The van der Waals surface area contributed by atoms with Crippen molar-refractivity contribution in [3.63, 3.8) is 0 Å². The summed E-state index contributed by atoms with van der Waals surface area (Å²) in [6, 6.07) is 9.25. The van der Waals surface area contributed by atoms with Gasteiger partial charge in [0.05, 0.1) is 13.2 Å². The van der Waals surface area contributed by atoms with Crippen molar-refractivity contribution in [2.75, 3.05) is 6.61 Å². The van der Waals surface area contributed by atoms with Crippen LogP contribution in [0.4, 0.5) is 8.78 Å². The van der Waals surface area contributed by atoms with E-state index in [1.54, 1.807) is 0 Å². The number of rotatable bonds is 6. The Morgan fingerprint density at radius 1 is 1.27 bits per heavy atom. The molecule has 82 valence electrons. The number of hydrogen-bond acceptors (Lipinski definition) is 2. The second kappa shape index (κ2) is 5.56. The molecule has 0 amide bonds. The minimum absolute atomic E-state index is 0.124. The van der Waals surface area contributed by atoms with Gasteiger partial charge in [0.2, 0.25) is 0 Å². The maximum atomic E-state index is 12.4. The van der Waals surface area contributed by atoms with Crippen LogP contribution in [-0.2, 0) is 16.1 Å². The Balaban J connectivity index is 2.20. The van der Waals surface area contributed by atoms with Crippen molar-refractivity contribution in [1.29, 1.82) is 0 Å². The lowest BCUT2D eigenvalue weighted by Gasteiger charge is -2.08. The highest BCUT2D eigenvalue weighted by molar-refractivity contribution is 5.59. The molecule has 1 aromatic rings. The van der Waals surface area contributed by atoms with Gasteiger partial charge < -0.3 is 4.74 Å². The number of benzene rings is 1. The van der Waals surface area contributed by atoms with Crippen LogP contribution in [0, 0.1) is 0 Å². The van der Waals surface area contributed by atoms with Gasteiger partial charge in [0.15, 0.2) is 6.29 Å². The molecule has 4 heteroatoms. The summed E-state index contributed by atoms with van der Waals surface area (Å²) >= 11 is 0. The zero-order chi connectivity index (χ0) is 11.1. The molecule has 0 aliphatic carbocycles. The Morgan fingerprint density at radius 2 is 1.93 bits per heavy atom. The highest BCUT2D eigenvalue weighted by Gasteiger charge is 2.27. The van der Waals surface area contributed by atoms with Crippen LogP contribution in [-0.4, -0.2) is 18.8 Å². The first-order valence-corrected chi connectivity index (χ1v) is 4.60. The van der Waals surface area contributed by atoms with Crippen LogP contribution in [0.15, 0.2) is 30.3 Å². The molecule has 2 nitrogen and oxygen atoms in total. The fraction of sp³-hybridized carbons (Fsp3) is 0.364. The summed E-state index contributed by atoms with van der Waals surface area (Å²) in [7, 11) is 0. The molecule has 1 aromatic carbocycles. The molecular formula is C11H12F2O2. The fourth-order valence-electron chi connectivity index (χ4n) is 1.03. The largest absolute Gasteiger partial charge is 0.377 e. The van der Waals surface area contributed by atoms with Crippen molar-refractivity contribution < 1.29 is 18.3 Å². The van der Waals surface area contributed by atoms with Crippen molar-refractivity contribution >= 4 is 6.29 Å². The zero-order valence-electron chi connectivity index (χ0n) is 8.16. The lowest BCUT2D eigenvalue weighted by Crippen LogP contribution is -2.20. The SMILES string of the molecule is O=CC(F)(F)CCOCc1ccccc1. The third kappa shape index (κ3) is 4.65. The molecule has 0 atom stereocenters. The van der Waals surface area contributed by atoms with Gasteiger partial charge in [-0.3, -0.25) is 4.79 Å². The smallest absolute Gasteiger partial charge is 0.304 e. The number of carbonyl (C=O) groups excluding carboxylic acids is 1. The average molecular weight is 214 g/mol. The van der Waals surface area contributed by atoms with E-state index in [2.05, 4.69) is 0 Å². The summed E-state index contributed by atoms with van der Waals surface area (Å²) in [5.74, 6) is -3.27. The van der Waals surface area contributed by atoms with Gasteiger partial charge in [0, 0.05) is 6.42 Å². The summed E-state index contributed by atoms with van der Waals surface area (Å²) in [6.07, 6.45) is -0.914. The van der Waals surface area contributed by atoms with Crippen molar-refractivity contribution in [3.8, 4) is 0 Å². The van der Waals surface area contributed by atoms with E-state index in [1.165, 1.54) is 0 Å². The predicted molar refractivity (Wildman–Crippen MR) is 51.7 cm³/mol. The van der Waals surface area contributed by atoms with Crippen LogP contribution >= 0.6 is 0 Å². The molecule has 0 radical (unpaired) electrons. The molecular weight excluding hydrogens is 202 g/mol. The molecule has 0 aromatic heterocycles. The molecule has 0 heterocycles. The van der Waals surface area contributed by atoms with E-state index in [1.807, 2.05) is 30.3 Å². The van der Waals surface area contributed by atoms with Crippen LogP contribution in [0.2, 0.25) is 0 Å². The van der Waals surface area contributed by atoms with Crippen LogP contribution in [0.1, 0.15) is 12.0 Å². The molecule has 0 N–H and O–H groups in total. The first kappa shape index (κ1) is 11.8. The summed E-state index contributed by atoms with van der Waals surface area (Å²) in [5.41, 5.74) is 0.923. The molecule has 0 bridgehead atoms. The molecule has 0 fully saturated rings. The molecule has 0 aliphatic heterocycles. The van der Waals surface area contributed by atoms with Gasteiger partial charge in [-0.25, -0.2) is 0 Å². The number of halogens is 2. The van der Waals surface area contributed by atoms with E-state index in [9.17, 15) is 13.6 Å². The molecule has 0 aliphatic rings. The minimum atomic E-state index is -3.27. The predicted octanol–water partition coefficient (Wildman–Crippen LogP) is 2.43. The second-order valence-corrected chi connectivity index (χ2v) is 3.17. The van der Waals surface area contributed by atoms with Gasteiger partial charge in [-0.05, 0) is 5.56 Å². The number of carbonyl (C=O) groups is 1. The van der Waals surface area contributed by atoms with Crippen LogP contribution in [0.3, 0.4) is 0 Å². The van der Waals surface area contributed by atoms with Gasteiger partial charge >= 0.3 is 5.92 Å². The third-order valence-corrected chi connectivity index (χ3v) is 1.86. The Bertz CT molecular complexity index is 299. The first-order valence-electron chi connectivity index (χ1n) is 4.60. The second-order valence-electron chi connectivity index (χ2n) is 3.17. The van der Waals surface area contributed by atoms with Crippen molar-refractivity contribution in [3.05, 3.63) is 35.9 Å². The Morgan fingerprint density at radius 3 is 2.53 bits per heavy atom. The summed E-state index contributed by atoms with van der Waals surface area (Å²) in [6.45, 7) is 0.163. The fourth-order valence-corrected chi connectivity index (χ4v) is 1.03. The van der Waals surface area contributed by atoms with Crippen molar-refractivity contribution in [1.82, 2.24) is 0 Å². The van der Waals surface area contributed by atoms with E-state index in [-0.39, 0.29) is 19.5 Å². The Hall–Kier alpha value is -1.29. The molecule has 15 heavy (non-hydrogen) atoms. The standard InChI is InChI=1S/C11H12F2O2/c12-11(13,9-14)6-7-15-8-10-4-2-1-3-5-10/h1-5,9H,6-8H2. The molecule has 0 unspecified atom stereocenters. The topological polar surface area (TPSA) is 26.3 Å². The van der Waals surface area contributed by atoms with Crippen LogP contribution in [0.5, 0.6) is 0 Å². The normalized spacial score (nSPS) is 11.3. The van der Waals surface area contributed by atoms with Crippen LogP contribution in [0.25, 0.3) is 0 Å². The zero-order valence-corrected chi connectivity index (χ0v) is 8.16. The van der Waals surface area contributed by atoms with E-state index >= 15 is 0 Å². The van der Waals surface area contributed by atoms with Crippen molar-refractivity contribution in [2.45, 2.75) is 19.0 Å². The average Bonchev–Trinajstić information content (AvgIpc) is 2.26. The highest BCUT2D eigenvalue weighted by atomic mass is 19.3. The molecule has 1 rings (SSSR count). The van der Waals surface area contributed by atoms with Gasteiger partial charge in [-0.1, -0.05) is 30.3 Å². The maximum absolute atomic E-state index is 12.4. The van der Waals surface area contributed by atoms with E-state index in [0.717, 1.165) is 5.56 Å². The Labute approximate surface area is 86.9 Å². The van der Waals surface area contributed by atoms with E-state index < -0.39 is 12.3 Å². The number of alkyl halides is 2. The van der Waals surface area contributed by atoms with Crippen LogP contribution < -0.4 is 0 Å². The summed E-state index contributed by atoms with van der Waals surface area (Å²) in [4.78, 5) is 9.89. The minimum Gasteiger partial charge on any atom is -0.377 e. The number of aldehydes is 1. The Kier molecular flexibility index (Phi) is 4.37. The molecule has 0 saturated carbocycles. The highest BCUT2D eigenvalue weighted by Crippen LogP contribution is 2.14. The van der Waals surface area contributed by atoms with E-state index in [4.69, 9.17) is 4.74 Å². The lowest BCUT2D eigenvalue weighted by molar-refractivity contribution is -0.131. The maximum Gasteiger partial charge on any atom is 0.304 e. The van der Waals surface area contributed by atoms with Gasteiger partial charge in [0.25, 0.3) is 0 Å². The summed E-state index contributed by atoms with van der Waals surface area (Å²) < 4.78 is 29.9. The van der Waals surface area contributed by atoms with E-state index in [0.29, 0.717) is 0 Å². The summed E-state index contributed by atoms with van der Waals surface area (Å²) in [5, 5.41) is 0. The first-order chi connectivity index (χ1) is 7.14. The monoisotopic (exact) mass is 214 g/mol. The quantitative estimate of drug-likeness (QED) is 0.537. The van der Waals surface area contributed by atoms with Gasteiger partial charge in [0.1, 0.15) is 0 Å². The van der Waals surface area contributed by atoms with Crippen molar-refractivity contribution in [2.24, 2.45) is 0 Å². The number of hydrogen-bond donors (Lipinski definition) is 0. The lowest BCUT2D eigenvalue weighted by atomic mass is 10.2. The third-order valence-electron chi connectivity index (χ3n) is 1.86. The molecule has 0 saturated heterocycles. The number of ether oxygens (including phenoxy) is 1. The van der Waals surface area contributed by atoms with Gasteiger partial charge in [-0.15, -0.1) is 0 Å². The van der Waals surface area contributed by atoms with Gasteiger partial charge in [-0.2, -0.15) is 8.78 Å².